The van der Waals surface area contributed by atoms with E-state index in [1.807, 2.05) is 47.2 Å². The van der Waals surface area contributed by atoms with Gasteiger partial charge in [0, 0.05) is 48.9 Å². The van der Waals surface area contributed by atoms with Crippen LogP contribution in [0.15, 0.2) is 49.2 Å². The standard InChI is InChI=1S/C27H32N8/c1-33-10-7-19(8-11-33)14-28-27-29-16-24-22(5-3-4-6-25(24)32-27)20-9-12-35-26(13-20)23(17-31-35)21-15-30-34(2)18-21/h5,9,12-13,15-19H,3-4,6-8,10-11,14H2,1-2H3,(H,28,29,32). The lowest BCUT2D eigenvalue weighted by atomic mass is 9.97. The van der Waals surface area contributed by atoms with Crippen LogP contribution in [-0.4, -0.2) is 60.9 Å². The lowest BCUT2D eigenvalue weighted by molar-refractivity contribution is 0.226. The first-order valence-electron chi connectivity index (χ1n) is 12.6. The summed E-state index contributed by atoms with van der Waals surface area (Å²) in [5, 5.41) is 12.4. The molecular formula is C27H32N8. The largest absolute Gasteiger partial charge is 0.354 e. The summed E-state index contributed by atoms with van der Waals surface area (Å²) >= 11 is 0. The average molecular weight is 469 g/mol. The van der Waals surface area contributed by atoms with Crippen molar-refractivity contribution in [1.29, 1.82) is 0 Å². The Morgan fingerprint density at radius 3 is 2.74 bits per heavy atom. The first-order valence-corrected chi connectivity index (χ1v) is 12.6. The van der Waals surface area contributed by atoms with Gasteiger partial charge in [0.2, 0.25) is 5.95 Å². The van der Waals surface area contributed by atoms with Crippen molar-refractivity contribution in [3.05, 3.63) is 66.0 Å². The van der Waals surface area contributed by atoms with Crippen LogP contribution in [0.4, 0.5) is 5.95 Å². The van der Waals surface area contributed by atoms with Gasteiger partial charge in [0.15, 0.2) is 0 Å². The van der Waals surface area contributed by atoms with Gasteiger partial charge in [-0.1, -0.05) is 6.08 Å². The van der Waals surface area contributed by atoms with Gasteiger partial charge in [-0.25, -0.2) is 14.5 Å². The normalized spacial score (nSPS) is 17.3. The number of hydrogen-bond donors (Lipinski definition) is 1. The number of likely N-dealkylation sites (tertiary alicyclic amines) is 1. The number of rotatable bonds is 5. The molecule has 0 amide bonds. The van der Waals surface area contributed by atoms with Crippen LogP contribution in [0.2, 0.25) is 0 Å². The summed E-state index contributed by atoms with van der Waals surface area (Å²) in [6.07, 6.45) is 17.8. The second kappa shape index (κ2) is 9.26. The maximum atomic E-state index is 4.97. The van der Waals surface area contributed by atoms with E-state index in [9.17, 15) is 0 Å². The molecule has 5 heterocycles. The molecule has 35 heavy (non-hydrogen) atoms. The van der Waals surface area contributed by atoms with Crippen molar-refractivity contribution in [1.82, 2.24) is 34.3 Å². The molecule has 0 spiro atoms. The molecule has 1 aliphatic carbocycles. The highest BCUT2D eigenvalue weighted by molar-refractivity contribution is 5.86. The molecule has 0 bridgehead atoms. The number of nitrogens with one attached hydrogen (secondary N) is 1. The molecule has 0 unspecified atom stereocenters. The minimum Gasteiger partial charge on any atom is -0.354 e. The zero-order chi connectivity index (χ0) is 23.8. The Labute approximate surface area is 205 Å². The van der Waals surface area contributed by atoms with Crippen LogP contribution >= 0.6 is 0 Å². The molecule has 0 radical (unpaired) electrons. The lowest BCUT2D eigenvalue weighted by Crippen LogP contribution is -2.33. The number of anilines is 1. The molecule has 1 N–H and O–H groups in total. The molecule has 1 fully saturated rings. The number of fused-ring (bicyclic) bond motifs is 2. The van der Waals surface area contributed by atoms with Crippen LogP contribution in [0.3, 0.4) is 0 Å². The molecule has 6 rings (SSSR count). The van der Waals surface area contributed by atoms with Crippen LogP contribution in [0.25, 0.3) is 22.2 Å². The lowest BCUT2D eigenvalue weighted by Gasteiger charge is -2.29. The van der Waals surface area contributed by atoms with E-state index in [4.69, 9.17) is 9.97 Å². The van der Waals surface area contributed by atoms with Crippen molar-refractivity contribution >= 4 is 17.0 Å². The molecule has 8 nitrogen and oxygen atoms in total. The van der Waals surface area contributed by atoms with Gasteiger partial charge in [-0.3, -0.25) is 4.68 Å². The van der Waals surface area contributed by atoms with Gasteiger partial charge in [0.25, 0.3) is 0 Å². The highest BCUT2D eigenvalue weighted by Crippen LogP contribution is 2.33. The van der Waals surface area contributed by atoms with Gasteiger partial charge < -0.3 is 10.2 Å². The van der Waals surface area contributed by atoms with Crippen LogP contribution in [0.1, 0.15) is 42.5 Å². The summed E-state index contributed by atoms with van der Waals surface area (Å²) in [7, 11) is 4.14. The van der Waals surface area contributed by atoms with Gasteiger partial charge in [0.05, 0.1) is 23.6 Å². The quantitative estimate of drug-likeness (QED) is 0.476. The summed E-state index contributed by atoms with van der Waals surface area (Å²) < 4.78 is 3.75. The smallest absolute Gasteiger partial charge is 0.222 e. The van der Waals surface area contributed by atoms with E-state index < -0.39 is 0 Å². The first-order chi connectivity index (χ1) is 17.1. The fraction of sp³-hybridized carbons (Fsp3) is 0.407. The third kappa shape index (κ3) is 4.46. The molecule has 8 heteroatoms. The van der Waals surface area contributed by atoms with E-state index in [0.29, 0.717) is 5.92 Å². The molecule has 0 aromatic carbocycles. The minimum atomic E-state index is 0.695. The van der Waals surface area contributed by atoms with Crippen LogP contribution in [0.5, 0.6) is 0 Å². The molecule has 2 aliphatic rings. The zero-order valence-corrected chi connectivity index (χ0v) is 20.5. The topological polar surface area (TPSA) is 76.2 Å². The second-order valence-electron chi connectivity index (χ2n) is 9.90. The predicted octanol–water partition coefficient (Wildman–Crippen LogP) is 4.05. The highest BCUT2D eigenvalue weighted by Gasteiger charge is 2.19. The fourth-order valence-electron chi connectivity index (χ4n) is 5.25. The summed E-state index contributed by atoms with van der Waals surface area (Å²) in [4.78, 5) is 12.1. The van der Waals surface area contributed by atoms with Gasteiger partial charge in [-0.05, 0) is 81.4 Å². The molecule has 1 saturated heterocycles. The summed E-state index contributed by atoms with van der Waals surface area (Å²) in [6, 6.07) is 4.36. The third-order valence-corrected chi connectivity index (χ3v) is 7.36. The fourth-order valence-corrected chi connectivity index (χ4v) is 5.25. The van der Waals surface area contributed by atoms with Gasteiger partial charge in [-0.15, -0.1) is 0 Å². The van der Waals surface area contributed by atoms with Crippen molar-refractivity contribution in [2.45, 2.75) is 32.1 Å². The monoisotopic (exact) mass is 468 g/mol. The number of piperidine rings is 1. The Hall–Kier alpha value is -3.52. The Balaban J connectivity index is 1.28. The van der Waals surface area contributed by atoms with Gasteiger partial charge in [-0.2, -0.15) is 10.2 Å². The Bertz CT molecular complexity index is 1370. The molecule has 4 aromatic heterocycles. The number of aryl methyl sites for hydroxylation is 2. The van der Waals surface area contributed by atoms with E-state index in [0.717, 1.165) is 59.7 Å². The predicted molar refractivity (Wildman–Crippen MR) is 138 cm³/mol. The molecule has 1 aliphatic heterocycles. The Morgan fingerprint density at radius 1 is 1.03 bits per heavy atom. The number of hydrogen-bond acceptors (Lipinski definition) is 6. The van der Waals surface area contributed by atoms with Crippen LogP contribution in [-0.2, 0) is 13.5 Å². The van der Waals surface area contributed by atoms with Crippen molar-refractivity contribution in [3.8, 4) is 11.1 Å². The van der Waals surface area contributed by atoms with E-state index in [2.05, 4.69) is 45.7 Å². The van der Waals surface area contributed by atoms with Crippen molar-refractivity contribution in [3.63, 3.8) is 0 Å². The van der Waals surface area contributed by atoms with E-state index >= 15 is 0 Å². The zero-order valence-electron chi connectivity index (χ0n) is 20.5. The SMILES string of the molecule is CN1CCC(CNc2ncc3c(n2)CCCC=C3c2ccn3ncc(-c4cnn(C)c4)c3c2)CC1. The van der Waals surface area contributed by atoms with Crippen molar-refractivity contribution in [2.75, 3.05) is 32.0 Å². The first kappa shape index (κ1) is 22.0. The van der Waals surface area contributed by atoms with Crippen LogP contribution < -0.4 is 5.32 Å². The number of allylic oxidation sites excluding steroid dienone is 1. The maximum Gasteiger partial charge on any atom is 0.222 e. The number of nitrogens with zero attached hydrogens (tertiary/aromatic N) is 7. The Kier molecular flexibility index (Phi) is 5.82. The van der Waals surface area contributed by atoms with Gasteiger partial charge >= 0.3 is 0 Å². The second-order valence-corrected chi connectivity index (χ2v) is 9.90. The Morgan fingerprint density at radius 2 is 1.91 bits per heavy atom. The average Bonchev–Trinajstić information content (AvgIpc) is 3.43. The summed E-state index contributed by atoms with van der Waals surface area (Å²) in [5.41, 5.74) is 7.87. The summed E-state index contributed by atoms with van der Waals surface area (Å²) in [6.45, 7) is 3.30. The number of aromatic nitrogens is 6. The summed E-state index contributed by atoms with van der Waals surface area (Å²) in [5.74, 6) is 1.45. The highest BCUT2D eigenvalue weighted by atomic mass is 15.2. The van der Waals surface area contributed by atoms with Crippen molar-refractivity contribution in [2.24, 2.45) is 13.0 Å². The van der Waals surface area contributed by atoms with Crippen LogP contribution in [0, 0.1) is 5.92 Å². The third-order valence-electron chi connectivity index (χ3n) is 7.36. The van der Waals surface area contributed by atoms with Gasteiger partial charge in [0.1, 0.15) is 0 Å². The molecular weight excluding hydrogens is 436 g/mol. The maximum absolute atomic E-state index is 4.97. The molecule has 180 valence electrons. The molecule has 4 aromatic rings. The molecule has 0 atom stereocenters. The van der Waals surface area contributed by atoms with E-state index in [1.165, 1.54) is 37.1 Å². The molecule has 0 saturated carbocycles. The van der Waals surface area contributed by atoms with E-state index in [1.54, 1.807) is 0 Å². The van der Waals surface area contributed by atoms with Crippen molar-refractivity contribution < 1.29 is 0 Å². The number of pyridine rings is 1. The van der Waals surface area contributed by atoms with E-state index in [-0.39, 0.29) is 0 Å². The minimum absolute atomic E-state index is 0.695.